The molecule has 0 saturated carbocycles. The summed E-state index contributed by atoms with van der Waals surface area (Å²) in [6.45, 7) is 2.07. The monoisotopic (exact) mass is 161 g/mol. The Morgan fingerprint density at radius 3 is 2.82 bits per heavy atom. The second kappa shape index (κ2) is 6.12. The van der Waals surface area contributed by atoms with Gasteiger partial charge in [-0.1, -0.05) is 0 Å². The summed E-state index contributed by atoms with van der Waals surface area (Å²) in [5.41, 5.74) is 5.36. The Labute approximate surface area is 66.3 Å². The van der Waals surface area contributed by atoms with Gasteiger partial charge >= 0.3 is 5.97 Å². The quantitative estimate of drug-likeness (QED) is 0.540. The molecule has 0 spiro atoms. The van der Waals surface area contributed by atoms with Gasteiger partial charge in [0, 0.05) is 12.5 Å². The third-order valence-corrected chi connectivity index (χ3v) is 1.26. The van der Waals surface area contributed by atoms with Crippen molar-refractivity contribution < 1.29 is 14.6 Å². The van der Waals surface area contributed by atoms with E-state index in [2.05, 4.69) is 4.74 Å². The highest BCUT2D eigenvalue weighted by atomic mass is 16.5. The zero-order valence-electron chi connectivity index (χ0n) is 6.75. The Bertz CT molecular complexity index is 116. The van der Waals surface area contributed by atoms with Crippen molar-refractivity contribution >= 4 is 5.97 Å². The van der Waals surface area contributed by atoms with Gasteiger partial charge in [0.1, 0.15) is 0 Å². The van der Waals surface area contributed by atoms with Crippen molar-refractivity contribution in [3.8, 4) is 0 Å². The number of ether oxygens (including phenoxy) is 1. The number of hydrogen-bond acceptors (Lipinski definition) is 4. The third kappa shape index (κ3) is 5.82. The number of esters is 1. The fourth-order valence-corrected chi connectivity index (χ4v) is 0.628. The van der Waals surface area contributed by atoms with E-state index >= 15 is 0 Å². The lowest BCUT2D eigenvalue weighted by atomic mass is 10.2. The number of aliphatic hydroxyl groups excluding tert-OH is 1. The lowest BCUT2D eigenvalue weighted by molar-refractivity contribution is -0.143. The summed E-state index contributed by atoms with van der Waals surface area (Å²) in [4.78, 5) is 10.7. The van der Waals surface area contributed by atoms with E-state index in [1.165, 1.54) is 0 Å². The molecule has 0 amide bonds. The number of nitrogens with two attached hydrogens (primary N) is 1. The van der Waals surface area contributed by atoms with E-state index in [1.54, 1.807) is 6.92 Å². The molecule has 1 atom stereocenters. The van der Waals surface area contributed by atoms with E-state index in [0.717, 1.165) is 0 Å². The molecule has 0 fully saturated rings. The molecular formula is C7H15NO3. The summed E-state index contributed by atoms with van der Waals surface area (Å²) in [5, 5.41) is 8.50. The minimum atomic E-state index is -0.306. The molecule has 0 rings (SSSR count). The SMILES string of the molecule is CCOC(=O)CCC(N)CO. The minimum Gasteiger partial charge on any atom is -0.466 e. The van der Waals surface area contributed by atoms with Crippen LogP contribution in [0.1, 0.15) is 19.8 Å². The van der Waals surface area contributed by atoms with Crippen LogP contribution in [0.25, 0.3) is 0 Å². The van der Waals surface area contributed by atoms with Crippen molar-refractivity contribution in [2.45, 2.75) is 25.8 Å². The second-order valence-electron chi connectivity index (χ2n) is 2.29. The number of rotatable bonds is 5. The summed E-state index contributed by atoms with van der Waals surface area (Å²) < 4.78 is 4.66. The van der Waals surface area contributed by atoms with E-state index in [1.807, 2.05) is 0 Å². The van der Waals surface area contributed by atoms with Crippen molar-refractivity contribution in [2.24, 2.45) is 5.73 Å². The summed E-state index contributed by atoms with van der Waals surface area (Å²) in [5.74, 6) is -0.253. The van der Waals surface area contributed by atoms with Gasteiger partial charge in [0.25, 0.3) is 0 Å². The predicted molar refractivity (Wildman–Crippen MR) is 40.9 cm³/mol. The molecule has 0 radical (unpaired) electrons. The van der Waals surface area contributed by atoms with Gasteiger partial charge in [-0.2, -0.15) is 0 Å². The lowest BCUT2D eigenvalue weighted by Crippen LogP contribution is -2.25. The summed E-state index contributed by atoms with van der Waals surface area (Å²) in [7, 11) is 0. The molecule has 0 aliphatic rings. The van der Waals surface area contributed by atoms with Crippen LogP contribution in [0.5, 0.6) is 0 Å². The van der Waals surface area contributed by atoms with E-state index in [4.69, 9.17) is 10.8 Å². The molecule has 0 saturated heterocycles. The maximum atomic E-state index is 10.7. The predicted octanol–water partition coefficient (Wildman–Crippen LogP) is -0.351. The van der Waals surface area contributed by atoms with Crippen LogP contribution in [0.3, 0.4) is 0 Å². The molecule has 3 N–H and O–H groups in total. The third-order valence-electron chi connectivity index (χ3n) is 1.26. The smallest absolute Gasteiger partial charge is 0.305 e. The van der Waals surface area contributed by atoms with Crippen LogP contribution in [0.15, 0.2) is 0 Å². The fraction of sp³-hybridized carbons (Fsp3) is 0.857. The second-order valence-corrected chi connectivity index (χ2v) is 2.29. The average Bonchev–Trinajstić information content (AvgIpc) is 2.01. The van der Waals surface area contributed by atoms with Crippen molar-refractivity contribution in [1.82, 2.24) is 0 Å². The van der Waals surface area contributed by atoms with Crippen molar-refractivity contribution in [3.63, 3.8) is 0 Å². The Morgan fingerprint density at radius 1 is 1.73 bits per heavy atom. The maximum absolute atomic E-state index is 10.7. The highest BCUT2D eigenvalue weighted by molar-refractivity contribution is 5.69. The van der Waals surface area contributed by atoms with Gasteiger partial charge < -0.3 is 15.6 Å². The van der Waals surface area contributed by atoms with Crippen LogP contribution < -0.4 is 5.73 Å². The number of carbonyl (C=O) groups excluding carboxylic acids is 1. The van der Waals surface area contributed by atoms with Crippen molar-refractivity contribution in [1.29, 1.82) is 0 Å². The van der Waals surface area contributed by atoms with E-state index < -0.39 is 0 Å². The Hall–Kier alpha value is -0.610. The molecule has 0 aliphatic carbocycles. The van der Waals surface area contributed by atoms with Gasteiger partial charge in [-0.15, -0.1) is 0 Å². The fourth-order valence-electron chi connectivity index (χ4n) is 0.628. The van der Waals surface area contributed by atoms with Crippen LogP contribution in [0.2, 0.25) is 0 Å². The molecule has 1 unspecified atom stereocenters. The molecule has 0 bridgehead atoms. The molecular weight excluding hydrogens is 146 g/mol. The van der Waals surface area contributed by atoms with E-state index in [-0.39, 0.29) is 25.0 Å². The molecule has 66 valence electrons. The normalized spacial score (nSPS) is 12.6. The molecule has 11 heavy (non-hydrogen) atoms. The Balaban J connectivity index is 3.30. The standard InChI is InChI=1S/C7H15NO3/c1-2-11-7(10)4-3-6(8)5-9/h6,9H,2-5,8H2,1H3. The summed E-state index contributed by atoms with van der Waals surface area (Å²) in [6, 6.07) is -0.306. The van der Waals surface area contributed by atoms with Crippen molar-refractivity contribution in [2.75, 3.05) is 13.2 Å². The van der Waals surface area contributed by atoms with E-state index in [0.29, 0.717) is 13.0 Å². The summed E-state index contributed by atoms with van der Waals surface area (Å²) in [6.07, 6.45) is 0.769. The average molecular weight is 161 g/mol. The zero-order chi connectivity index (χ0) is 8.69. The minimum absolute atomic E-state index is 0.0839. The molecule has 0 aromatic carbocycles. The number of hydrogen-bond donors (Lipinski definition) is 2. The molecule has 0 aliphatic heterocycles. The highest BCUT2D eigenvalue weighted by Gasteiger charge is 2.05. The van der Waals surface area contributed by atoms with Crippen LogP contribution in [0, 0.1) is 0 Å². The van der Waals surface area contributed by atoms with Gasteiger partial charge in [-0.25, -0.2) is 0 Å². The molecule has 0 heterocycles. The Morgan fingerprint density at radius 2 is 2.36 bits per heavy atom. The Kier molecular flexibility index (Phi) is 5.78. The van der Waals surface area contributed by atoms with Gasteiger partial charge in [-0.3, -0.25) is 4.79 Å². The molecule has 4 heteroatoms. The molecule has 0 aromatic heterocycles. The maximum Gasteiger partial charge on any atom is 0.305 e. The topological polar surface area (TPSA) is 72.5 Å². The van der Waals surface area contributed by atoms with E-state index in [9.17, 15) is 4.79 Å². The van der Waals surface area contributed by atoms with Gasteiger partial charge in [0.15, 0.2) is 0 Å². The van der Waals surface area contributed by atoms with Crippen LogP contribution in [-0.2, 0) is 9.53 Å². The molecule has 4 nitrogen and oxygen atoms in total. The largest absolute Gasteiger partial charge is 0.466 e. The van der Waals surface area contributed by atoms with Crippen LogP contribution >= 0.6 is 0 Å². The zero-order valence-corrected chi connectivity index (χ0v) is 6.75. The molecule has 0 aromatic rings. The van der Waals surface area contributed by atoms with Gasteiger partial charge in [0.05, 0.1) is 13.2 Å². The van der Waals surface area contributed by atoms with Crippen LogP contribution in [0.4, 0.5) is 0 Å². The highest BCUT2D eigenvalue weighted by Crippen LogP contribution is 1.95. The first-order valence-corrected chi connectivity index (χ1v) is 3.72. The number of aliphatic hydroxyl groups is 1. The first kappa shape index (κ1) is 10.4. The van der Waals surface area contributed by atoms with Crippen molar-refractivity contribution in [3.05, 3.63) is 0 Å². The number of carbonyl (C=O) groups is 1. The first-order valence-electron chi connectivity index (χ1n) is 3.72. The lowest BCUT2D eigenvalue weighted by Gasteiger charge is -2.06. The van der Waals surface area contributed by atoms with Crippen LogP contribution in [-0.4, -0.2) is 30.3 Å². The first-order chi connectivity index (χ1) is 5.20. The summed E-state index contributed by atoms with van der Waals surface area (Å²) >= 11 is 0. The van der Waals surface area contributed by atoms with Gasteiger partial charge in [0.2, 0.25) is 0 Å². The van der Waals surface area contributed by atoms with Gasteiger partial charge in [-0.05, 0) is 13.3 Å².